The lowest BCUT2D eigenvalue weighted by Crippen LogP contribution is -2.39. The van der Waals surface area contributed by atoms with Crippen molar-refractivity contribution in [2.75, 3.05) is 31.6 Å². The van der Waals surface area contributed by atoms with E-state index >= 15 is 0 Å². The first-order valence-electron chi connectivity index (χ1n) is 11.6. The van der Waals surface area contributed by atoms with Crippen LogP contribution in [-0.2, 0) is 11.8 Å². The van der Waals surface area contributed by atoms with Gasteiger partial charge in [-0.15, -0.1) is 10.2 Å². The van der Waals surface area contributed by atoms with Crippen LogP contribution in [0.2, 0.25) is 0 Å². The second kappa shape index (κ2) is 7.88. The van der Waals surface area contributed by atoms with Gasteiger partial charge in [-0.2, -0.15) is 5.10 Å². The van der Waals surface area contributed by atoms with Gasteiger partial charge in [-0.25, -0.2) is 0 Å². The summed E-state index contributed by atoms with van der Waals surface area (Å²) >= 11 is 0. The number of anilines is 1. The zero-order chi connectivity index (χ0) is 20.8. The molecule has 2 saturated heterocycles. The zero-order valence-electron chi connectivity index (χ0n) is 18.1. The van der Waals surface area contributed by atoms with Crippen LogP contribution in [0, 0.1) is 11.8 Å². The van der Waals surface area contributed by atoms with Crippen LogP contribution < -0.4 is 5.32 Å². The van der Waals surface area contributed by atoms with E-state index in [0.29, 0.717) is 6.04 Å². The van der Waals surface area contributed by atoms with Gasteiger partial charge in [-0.1, -0.05) is 6.07 Å². The van der Waals surface area contributed by atoms with Gasteiger partial charge in [0.2, 0.25) is 0 Å². The van der Waals surface area contributed by atoms with Crippen LogP contribution in [-0.4, -0.2) is 63.3 Å². The highest BCUT2D eigenvalue weighted by Gasteiger charge is 2.42. The summed E-state index contributed by atoms with van der Waals surface area (Å²) in [7, 11) is 1.94. The van der Waals surface area contributed by atoms with E-state index in [-0.39, 0.29) is 0 Å². The van der Waals surface area contributed by atoms with E-state index in [9.17, 15) is 0 Å². The molecule has 0 amide bonds. The molecule has 3 aromatic rings. The number of ether oxygens (including phenoxy) is 1. The maximum atomic E-state index is 5.54. The van der Waals surface area contributed by atoms with Crippen LogP contribution in [0.25, 0.3) is 22.2 Å². The molecule has 1 aromatic carbocycles. The fourth-order valence-electron chi connectivity index (χ4n) is 5.88. The molecule has 0 spiro atoms. The molecule has 1 N–H and O–H groups in total. The molecule has 7 heteroatoms. The SMILES string of the molecule is Cn1cc2cc(-c3ccc(N[C@H]4C[C@@H]5CN(C6CCOCC6)C[C@@H]5C4)nn3)ccc2n1. The fourth-order valence-corrected chi connectivity index (χ4v) is 5.88. The molecule has 0 unspecified atom stereocenters. The topological polar surface area (TPSA) is 68.1 Å². The molecule has 6 rings (SSSR count). The van der Waals surface area contributed by atoms with E-state index < -0.39 is 0 Å². The van der Waals surface area contributed by atoms with Crippen LogP contribution in [0.1, 0.15) is 25.7 Å². The van der Waals surface area contributed by atoms with Crippen molar-refractivity contribution in [1.29, 1.82) is 0 Å². The van der Waals surface area contributed by atoms with Gasteiger partial charge in [0.05, 0.1) is 11.2 Å². The summed E-state index contributed by atoms with van der Waals surface area (Å²) in [4.78, 5) is 2.74. The Morgan fingerprint density at radius 2 is 1.81 bits per heavy atom. The molecule has 4 heterocycles. The molecule has 1 saturated carbocycles. The average molecular weight is 419 g/mol. The molecule has 31 heavy (non-hydrogen) atoms. The van der Waals surface area contributed by atoms with E-state index in [4.69, 9.17) is 4.74 Å². The molecule has 3 aliphatic rings. The van der Waals surface area contributed by atoms with Gasteiger partial charge in [-0.05, 0) is 61.8 Å². The number of rotatable bonds is 4. The van der Waals surface area contributed by atoms with E-state index in [1.165, 1.54) is 38.8 Å². The number of hydrogen-bond acceptors (Lipinski definition) is 6. The predicted octanol–water partition coefficient (Wildman–Crippen LogP) is 3.33. The molecular formula is C24H30N6O. The van der Waals surface area contributed by atoms with E-state index in [1.54, 1.807) is 0 Å². The minimum Gasteiger partial charge on any atom is -0.381 e. The minimum absolute atomic E-state index is 0.513. The molecule has 2 aliphatic heterocycles. The molecule has 3 fully saturated rings. The molecule has 0 bridgehead atoms. The third kappa shape index (κ3) is 3.81. The number of likely N-dealkylation sites (tertiary alicyclic amines) is 1. The largest absolute Gasteiger partial charge is 0.381 e. The van der Waals surface area contributed by atoms with Crippen molar-refractivity contribution in [1.82, 2.24) is 24.9 Å². The summed E-state index contributed by atoms with van der Waals surface area (Å²) in [5.41, 5.74) is 2.97. The van der Waals surface area contributed by atoms with Crippen molar-refractivity contribution in [2.45, 2.75) is 37.8 Å². The zero-order valence-corrected chi connectivity index (χ0v) is 18.1. The van der Waals surface area contributed by atoms with Gasteiger partial charge < -0.3 is 10.1 Å². The molecule has 0 radical (unpaired) electrons. The highest BCUT2D eigenvalue weighted by atomic mass is 16.5. The Morgan fingerprint density at radius 1 is 1.00 bits per heavy atom. The number of aryl methyl sites for hydroxylation is 1. The van der Waals surface area contributed by atoms with Crippen molar-refractivity contribution >= 4 is 16.7 Å². The van der Waals surface area contributed by atoms with Gasteiger partial charge in [0.1, 0.15) is 5.82 Å². The highest BCUT2D eigenvalue weighted by molar-refractivity contribution is 5.83. The molecule has 1 aliphatic carbocycles. The lowest BCUT2D eigenvalue weighted by molar-refractivity contribution is 0.0396. The predicted molar refractivity (Wildman–Crippen MR) is 121 cm³/mol. The maximum Gasteiger partial charge on any atom is 0.148 e. The Balaban J connectivity index is 1.07. The minimum atomic E-state index is 0.513. The van der Waals surface area contributed by atoms with Crippen LogP contribution in [0.4, 0.5) is 5.82 Å². The molecule has 7 nitrogen and oxygen atoms in total. The second-order valence-electron chi connectivity index (χ2n) is 9.51. The standard InChI is InChI=1S/C24H30N6O/c1-29-13-19-10-16(2-3-23(19)28-29)22-4-5-24(27-26-22)25-20-11-17-14-30(15-18(17)12-20)21-6-8-31-9-7-21/h2-5,10,13,17-18,20-21H,6-9,11-12,14-15H2,1H3,(H,25,27)/t17-,18+,20+. The number of aromatic nitrogens is 4. The van der Waals surface area contributed by atoms with Crippen molar-refractivity contribution in [3.63, 3.8) is 0 Å². The molecule has 3 atom stereocenters. The van der Waals surface area contributed by atoms with Crippen molar-refractivity contribution < 1.29 is 4.74 Å². The van der Waals surface area contributed by atoms with Crippen LogP contribution in [0.3, 0.4) is 0 Å². The summed E-state index contributed by atoms with van der Waals surface area (Å²) in [6.07, 6.45) is 6.92. The van der Waals surface area contributed by atoms with Crippen molar-refractivity contribution in [2.24, 2.45) is 18.9 Å². The smallest absolute Gasteiger partial charge is 0.148 e. The maximum absolute atomic E-state index is 5.54. The fraction of sp³-hybridized carbons (Fsp3) is 0.542. The summed E-state index contributed by atoms with van der Waals surface area (Å²) in [5.74, 6) is 2.52. The number of hydrogen-bond donors (Lipinski definition) is 1. The van der Waals surface area contributed by atoms with E-state index in [2.05, 4.69) is 49.8 Å². The van der Waals surface area contributed by atoms with Gasteiger partial charge in [0.15, 0.2) is 0 Å². The Kier molecular flexibility index (Phi) is 4.88. The van der Waals surface area contributed by atoms with Gasteiger partial charge in [-0.3, -0.25) is 9.58 Å². The monoisotopic (exact) mass is 418 g/mol. The lowest BCUT2D eigenvalue weighted by Gasteiger charge is -2.32. The van der Waals surface area contributed by atoms with Gasteiger partial charge >= 0.3 is 0 Å². The number of nitrogens with zero attached hydrogens (tertiary/aromatic N) is 5. The number of benzene rings is 1. The summed E-state index contributed by atoms with van der Waals surface area (Å²) in [5, 5.41) is 18.2. The van der Waals surface area contributed by atoms with Crippen LogP contribution in [0.15, 0.2) is 36.5 Å². The average Bonchev–Trinajstić information content (AvgIpc) is 3.46. The normalized spacial score (nSPS) is 27.1. The van der Waals surface area contributed by atoms with Crippen molar-refractivity contribution in [3.05, 3.63) is 36.5 Å². The Hall–Kier alpha value is -2.51. The van der Waals surface area contributed by atoms with Crippen molar-refractivity contribution in [3.8, 4) is 11.3 Å². The summed E-state index contributed by atoms with van der Waals surface area (Å²) in [6.45, 7) is 4.39. The highest BCUT2D eigenvalue weighted by Crippen LogP contribution is 2.40. The Bertz CT molecular complexity index is 1040. The molecule has 162 valence electrons. The molecule has 2 aromatic heterocycles. The van der Waals surface area contributed by atoms with Crippen LogP contribution in [0.5, 0.6) is 0 Å². The Labute approximate surface area is 182 Å². The van der Waals surface area contributed by atoms with Gasteiger partial charge in [0.25, 0.3) is 0 Å². The first-order valence-corrected chi connectivity index (χ1v) is 11.6. The Morgan fingerprint density at radius 3 is 2.55 bits per heavy atom. The number of fused-ring (bicyclic) bond motifs is 2. The van der Waals surface area contributed by atoms with E-state index in [1.807, 2.05) is 24.0 Å². The second-order valence-corrected chi connectivity index (χ2v) is 9.51. The number of nitrogens with one attached hydrogen (secondary N) is 1. The lowest BCUT2D eigenvalue weighted by atomic mass is 10.0. The van der Waals surface area contributed by atoms with Gasteiger partial charge in [0, 0.05) is 62.6 Å². The first-order chi connectivity index (χ1) is 15.2. The third-order valence-electron chi connectivity index (χ3n) is 7.42. The first kappa shape index (κ1) is 19.2. The third-order valence-corrected chi connectivity index (χ3v) is 7.42. The van der Waals surface area contributed by atoms with Crippen LogP contribution >= 0.6 is 0 Å². The summed E-state index contributed by atoms with van der Waals surface area (Å²) < 4.78 is 7.38. The van der Waals surface area contributed by atoms with E-state index in [0.717, 1.165) is 59.1 Å². The molecular weight excluding hydrogens is 388 g/mol. The summed E-state index contributed by atoms with van der Waals surface area (Å²) in [6, 6.07) is 11.6. The quantitative estimate of drug-likeness (QED) is 0.701.